The number of nitrogens with two attached hydrogens (primary N) is 1. The number of halogens is 2. The zero-order chi connectivity index (χ0) is 14.8. The standard InChI is InChI=1S/C14H20F2N2O2/c15-13(16)10-20-7-6-14(19)18-12(9-17)8-11-4-2-1-3-5-11/h1-5,12-13H,6-10,17H2,(H,18,19). The van der Waals surface area contributed by atoms with Crippen LogP contribution in [-0.4, -0.2) is 38.1 Å². The lowest BCUT2D eigenvalue weighted by atomic mass is 10.1. The third kappa shape index (κ3) is 7.16. The smallest absolute Gasteiger partial charge is 0.261 e. The van der Waals surface area contributed by atoms with Crippen molar-refractivity contribution in [2.45, 2.75) is 25.3 Å². The van der Waals surface area contributed by atoms with Crippen molar-refractivity contribution in [2.24, 2.45) is 5.73 Å². The molecule has 0 aliphatic heterocycles. The first-order valence-electron chi connectivity index (χ1n) is 6.51. The molecule has 20 heavy (non-hydrogen) atoms. The van der Waals surface area contributed by atoms with Gasteiger partial charge in [0.25, 0.3) is 6.43 Å². The highest BCUT2D eigenvalue weighted by molar-refractivity contribution is 5.76. The third-order valence-electron chi connectivity index (χ3n) is 2.69. The molecule has 0 saturated heterocycles. The minimum absolute atomic E-state index is 0.0151. The van der Waals surface area contributed by atoms with Gasteiger partial charge in [-0.1, -0.05) is 30.3 Å². The summed E-state index contributed by atoms with van der Waals surface area (Å²) in [6.45, 7) is -0.338. The van der Waals surface area contributed by atoms with Crippen molar-refractivity contribution in [3.05, 3.63) is 35.9 Å². The number of alkyl halides is 2. The molecule has 1 unspecified atom stereocenters. The number of benzene rings is 1. The molecule has 3 N–H and O–H groups in total. The van der Waals surface area contributed by atoms with Crippen molar-refractivity contribution in [3.8, 4) is 0 Å². The summed E-state index contributed by atoms with van der Waals surface area (Å²) in [6, 6.07) is 9.51. The first kappa shape index (κ1) is 16.5. The Morgan fingerprint density at radius 3 is 2.60 bits per heavy atom. The number of hydrogen-bond acceptors (Lipinski definition) is 3. The van der Waals surface area contributed by atoms with Gasteiger partial charge in [-0.3, -0.25) is 4.79 Å². The molecule has 6 heteroatoms. The fourth-order valence-corrected chi connectivity index (χ4v) is 1.73. The van der Waals surface area contributed by atoms with Crippen molar-refractivity contribution in [2.75, 3.05) is 19.8 Å². The molecule has 0 heterocycles. The van der Waals surface area contributed by atoms with Gasteiger partial charge in [0.05, 0.1) is 6.61 Å². The van der Waals surface area contributed by atoms with Gasteiger partial charge in [0.1, 0.15) is 6.61 Å². The summed E-state index contributed by atoms with van der Waals surface area (Å²) in [5.74, 6) is -0.245. The number of ether oxygens (including phenoxy) is 1. The zero-order valence-electron chi connectivity index (χ0n) is 11.2. The van der Waals surface area contributed by atoms with E-state index in [1.54, 1.807) is 0 Å². The van der Waals surface area contributed by atoms with E-state index in [2.05, 4.69) is 10.1 Å². The van der Waals surface area contributed by atoms with Crippen LogP contribution in [0.4, 0.5) is 8.78 Å². The van der Waals surface area contributed by atoms with Crippen LogP contribution in [-0.2, 0) is 16.0 Å². The van der Waals surface area contributed by atoms with Gasteiger partial charge in [-0.05, 0) is 12.0 Å². The molecule has 1 atom stereocenters. The van der Waals surface area contributed by atoms with Gasteiger partial charge >= 0.3 is 0 Å². The first-order valence-corrected chi connectivity index (χ1v) is 6.51. The highest BCUT2D eigenvalue weighted by Crippen LogP contribution is 2.03. The van der Waals surface area contributed by atoms with E-state index in [-0.39, 0.29) is 25.0 Å². The molecule has 0 saturated carbocycles. The maximum atomic E-state index is 11.8. The number of hydrogen-bond donors (Lipinski definition) is 2. The molecule has 1 aromatic carbocycles. The van der Waals surface area contributed by atoms with Gasteiger partial charge in [-0.15, -0.1) is 0 Å². The van der Waals surface area contributed by atoms with Crippen molar-refractivity contribution in [3.63, 3.8) is 0 Å². The van der Waals surface area contributed by atoms with E-state index in [0.29, 0.717) is 13.0 Å². The van der Waals surface area contributed by atoms with Crippen LogP contribution in [0.15, 0.2) is 30.3 Å². The van der Waals surface area contributed by atoms with Gasteiger partial charge in [0.15, 0.2) is 0 Å². The summed E-state index contributed by atoms with van der Waals surface area (Å²) in [7, 11) is 0. The highest BCUT2D eigenvalue weighted by Gasteiger charge is 2.11. The van der Waals surface area contributed by atoms with Crippen LogP contribution in [0.3, 0.4) is 0 Å². The molecule has 1 aromatic rings. The minimum atomic E-state index is -2.51. The predicted molar refractivity (Wildman–Crippen MR) is 72.6 cm³/mol. The molecule has 0 fully saturated rings. The molecule has 0 aromatic heterocycles. The molecule has 0 radical (unpaired) electrons. The molecule has 0 aliphatic carbocycles. The minimum Gasteiger partial charge on any atom is -0.375 e. The fourth-order valence-electron chi connectivity index (χ4n) is 1.73. The van der Waals surface area contributed by atoms with E-state index >= 15 is 0 Å². The Balaban J connectivity index is 2.27. The Morgan fingerprint density at radius 1 is 1.30 bits per heavy atom. The van der Waals surface area contributed by atoms with Crippen molar-refractivity contribution in [1.29, 1.82) is 0 Å². The van der Waals surface area contributed by atoms with Crippen LogP contribution in [0.5, 0.6) is 0 Å². The molecular formula is C14H20F2N2O2. The average molecular weight is 286 g/mol. The number of nitrogens with one attached hydrogen (secondary N) is 1. The lowest BCUT2D eigenvalue weighted by Crippen LogP contribution is -2.42. The quantitative estimate of drug-likeness (QED) is 0.673. The topological polar surface area (TPSA) is 64.3 Å². The largest absolute Gasteiger partial charge is 0.375 e. The number of rotatable bonds is 9. The van der Waals surface area contributed by atoms with Gasteiger partial charge in [0, 0.05) is 19.0 Å². The SMILES string of the molecule is NCC(Cc1ccccc1)NC(=O)CCOCC(F)F. The van der Waals surface area contributed by atoms with E-state index in [0.717, 1.165) is 5.56 Å². The normalized spacial score (nSPS) is 12.4. The monoisotopic (exact) mass is 286 g/mol. The molecule has 112 valence electrons. The number of carbonyl (C=O) groups is 1. The number of amides is 1. The van der Waals surface area contributed by atoms with Crippen LogP contribution in [0.1, 0.15) is 12.0 Å². The highest BCUT2D eigenvalue weighted by atomic mass is 19.3. The Hall–Kier alpha value is -1.53. The van der Waals surface area contributed by atoms with Crippen molar-refractivity contribution >= 4 is 5.91 Å². The second-order valence-corrected chi connectivity index (χ2v) is 4.41. The number of carbonyl (C=O) groups excluding carboxylic acids is 1. The maximum Gasteiger partial charge on any atom is 0.261 e. The second-order valence-electron chi connectivity index (χ2n) is 4.41. The molecule has 0 bridgehead atoms. The molecule has 0 aliphatic rings. The molecule has 4 nitrogen and oxygen atoms in total. The molecule has 1 rings (SSSR count). The van der Waals surface area contributed by atoms with E-state index in [1.807, 2.05) is 30.3 Å². The predicted octanol–water partition coefficient (Wildman–Crippen LogP) is 1.34. The Labute approximate surface area is 117 Å². The van der Waals surface area contributed by atoms with Crippen LogP contribution in [0, 0.1) is 0 Å². The summed E-state index contributed by atoms with van der Waals surface area (Å²) >= 11 is 0. The Kier molecular flexibility index (Phi) is 7.75. The van der Waals surface area contributed by atoms with Crippen LogP contribution >= 0.6 is 0 Å². The summed E-state index contributed by atoms with van der Waals surface area (Å²) in [6.07, 6.45) is -1.81. The summed E-state index contributed by atoms with van der Waals surface area (Å²) in [5, 5.41) is 2.77. The fraction of sp³-hybridized carbons (Fsp3) is 0.500. The molecule has 0 spiro atoms. The Morgan fingerprint density at radius 2 is 2.00 bits per heavy atom. The van der Waals surface area contributed by atoms with Gasteiger partial charge in [-0.2, -0.15) is 0 Å². The van der Waals surface area contributed by atoms with E-state index < -0.39 is 13.0 Å². The van der Waals surface area contributed by atoms with E-state index in [4.69, 9.17) is 5.73 Å². The summed E-state index contributed by atoms with van der Waals surface area (Å²) in [4.78, 5) is 11.6. The molecule has 1 amide bonds. The van der Waals surface area contributed by atoms with Gasteiger partial charge in [0.2, 0.25) is 5.91 Å². The third-order valence-corrected chi connectivity index (χ3v) is 2.69. The van der Waals surface area contributed by atoms with Crippen LogP contribution in [0.2, 0.25) is 0 Å². The molecular weight excluding hydrogens is 266 g/mol. The lowest BCUT2D eigenvalue weighted by molar-refractivity contribution is -0.123. The summed E-state index contributed by atoms with van der Waals surface area (Å²) < 4.78 is 28.3. The van der Waals surface area contributed by atoms with Crippen molar-refractivity contribution < 1.29 is 18.3 Å². The van der Waals surface area contributed by atoms with Crippen LogP contribution < -0.4 is 11.1 Å². The van der Waals surface area contributed by atoms with Crippen LogP contribution in [0.25, 0.3) is 0 Å². The maximum absolute atomic E-state index is 11.8. The van der Waals surface area contributed by atoms with E-state index in [9.17, 15) is 13.6 Å². The van der Waals surface area contributed by atoms with Crippen molar-refractivity contribution in [1.82, 2.24) is 5.32 Å². The average Bonchev–Trinajstić information content (AvgIpc) is 2.44. The lowest BCUT2D eigenvalue weighted by Gasteiger charge is -2.17. The zero-order valence-corrected chi connectivity index (χ0v) is 11.2. The first-order chi connectivity index (χ1) is 9.61. The van der Waals surface area contributed by atoms with E-state index in [1.165, 1.54) is 0 Å². The summed E-state index contributed by atoms with van der Waals surface area (Å²) in [5.41, 5.74) is 6.70. The second kappa shape index (κ2) is 9.39. The Bertz CT molecular complexity index is 388. The van der Waals surface area contributed by atoms with Gasteiger partial charge < -0.3 is 15.8 Å². The van der Waals surface area contributed by atoms with Gasteiger partial charge in [-0.25, -0.2) is 8.78 Å².